The van der Waals surface area contributed by atoms with Crippen molar-refractivity contribution in [3.05, 3.63) is 12.4 Å². The Hall–Kier alpha value is -1.36. The molecule has 0 bridgehead atoms. The molecule has 1 aromatic heterocycles. The second-order valence-electron chi connectivity index (χ2n) is 3.57. The first-order valence-electron chi connectivity index (χ1n) is 5.19. The van der Waals surface area contributed by atoms with Crippen LogP contribution in [-0.2, 0) is 0 Å². The Bertz CT molecular complexity index is 327. The highest BCUT2D eigenvalue weighted by molar-refractivity contribution is 5.41. The summed E-state index contributed by atoms with van der Waals surface area (Å²) in [7, 11) is 2.05. The number of ether oxygens (including phenoxy) is 1. The molecule has 0 saturated carbocycles. The lowest BCUT2D eigenvalue weighted by Gasteiger charge is -2.36. The molecule has 1 aliphatic rings. The van der Waals surface area contributed by atoms with Crippen LogP contribution >= 0.6 is 0 Å². The van der Waals surface area contributed by atoms with E-state index in [1.54, 1.807) is 6.33 Å². The molecule has 0 amide bonds. The van der Waals surface area contributed by atoms with E-state index < -0.39 is 0 Å². The van der Waals surface area contributed by atoms with Crippen molar-refractivity contribution in [2.75, 3.05) is 31.6 Å². The van der Waals surface area contributed by atoms with E-state index in [0.717, 1.165) is 18.9 Å². The van der Waals surface area contributed by atoms with Gasteiger partial charge in [0.05, 0.1) is 12.6 Å². The first kappa shape index (κ1) is 10.2. The normalized spacial score (nSPS) is 15.9. The minimum atomic E-state index is 0.536. The first-order valence-corrected chi connectivity index (χ1v) is 5.19. The molecular weight excluding hydrogens is 192 g/mol. The molecule has 1 fully saturated rings. The summed E-state index contributed by atoms with van der Waals surface area (Å²) in [5.74, 6) is 1.56. The Balaban J connectivity index is 2.09. The number of hydrogen-bond donors (Lipinski definition) is 1. The molecule has 5 nitrogen and oxygen atoms in total. The Morgan fingerprint density at radius 3 is 2.93 bits per heavy atom. The van der Waals surface area contributed by atoms with Crippen LogP contribution in [0.2, 0.25) is 0 Å². The molecule has 82 valence electrons. The molecule has 0 unspecified atom stereocenters. The summed E-state index contributed by atoms with van der Waals surface area (Å²) in [5, 5.41) is 3.24. The Morgan fingerprint density at radius 2 is 2.33 bits per heavy atom. The van der Waals surface area contributed by atoms with Crippen LogP contribution in [-0.4, -0.2) is 42.8 Å². The maximum absolute atomic E-state index is 5.33. The van der Waals surface area contributed by atoms with Gasteiger partial charge in [-0.2, -0.15) is 0 Å². The molecule has 1 N–H and O–H groups in total. The van der Waals surface area contributed by atoms with Gasteiger partial charge in [-0.15, -0.1) is 0 Å². The standard InChI is InChI=1S/C10H16N4O/c1-3-15-10-4-9(12-7-13-10)14(2)8-5-11-6-8/h4,7-8,11H,3,5-6H2,1-2H3. The van der Waals surface area contributed by atoms with Crippen LogP contribution in [0.1, 0.15) is 6.92 Å². The summed E-state index contributed by atoms with van der Waals surface area (Å²) in [5.41, 5.74) is 0. The summed E-state index contributed by atoms with van der Waals surface area (Å²) in [6.07, 6.45) is 1.54. The number of rotatable bonds is 4. The van der Waals surface area contributed by atoms with Crippen LogP contribution in [0.5, 0.6) is 5.88 Å². The lowest BCUT2D eigenvalue weighted by Crippen LogP contribution is -2.56. The van der Waals surface area contributed by atoms with Crippen LogP contribution in [0.15, 0.2) is 12.4 Å². The number of nitrogens with zero attached hydrogens (tertiary/aromatic N) is 3. The minimum absolute atomic E-state index is 0.536. The van der Waals surface area contributed by atoms with E-state index >= 15 is 0 Å². The smallest absolute Gasteiger partial charge is 0.218 e. The largest absolute Gasteiger partial charge is 0.478 e. The molecule has 0 aromatic carbocycles. The monoisotopic (exact) mass is 208 g/mol. The molecule has 1 saturated heterocycles. The zero-order chi connectivity index (χ0) is 10.7. The van der Waals surface area contributed by atoms with E-state index in [-0.39, 0.29) is 0 Å². The molecule has 0 spiro atoms. The van der Waals surface area contributed by atoms with Gasteiger partial charge >= 0.3 is 0 Å². The van der Waals surface area contributed by atoms with Gasteiger partial charge in [-0.25, -0.2) is 9.97 Å². The lowest BCUT2D eigenvalue weighted by atomic mass is 10.1. The second-order valence-corrected chi connectivity index (χ2v) is 3.57. The van der Waals surface area contributed by atoms with Gasteiger partial charge in [-0.3, -0.25) is 0 Å². The summed E-state index contributed by atoms with van der Waals surface area (Å²) in [4.78, 5) is 10.4. The highest BCUT2D eigenvalue weighted by Crippen LogP contribution is 2.17. The third-order valence-electron chi connectivity index (χ3n) is 2.59. The number of likely N-dealkylation sites (N-methyl/N-ethyl adjacent to an activating group) is 1. The zero-order valence-electron chi connectivity index (χ0n) is 9.10. The Kier molecular flexibility index (Phi) is 3.01. The predicted octanol–water partition coefficient (Wildman–Crippen LogP) is 0.283. The van der Waals surface area contributed by atoms with E-state index in [1.807, 2.05) is 20.0 Å². The van der Waals surface area contributed by atoms with Crippen molar-refractivity contribution in [2.45, 2.75) is 13.0 Å². The summed E-state index contributed by atoms with van der Waals surface area (Å²) in [6.45, 7) is 4.61. The molecule has 1 aromatic rings. The Labute approximate surface area is 89.5 Å². The average molecular weight is 208 g/mol. The lowest BCUT2D eigenvalue weighted by molar-refractivity contribution is 0.326. The number of nitrogens with one attached hydrogen (secondary N) is 1. The van der Waals surface area contributed by atoms with Crippen molar-refractivity contribution >= 4 is 5.82 Å². The van der Waals surface area contributed by atoms with Crippen LogP contribution < -0.4 is 15.0 Å². The number of anilines is 1. The van der Waals surface area contributed by atoms with Crippen molar-refractivity contribution in [3.63, 3.8) is 0 Å². The van der Waals surface area contributed by atoms with Gasteiger partial charge in [0.2, 0.25) is 5.88 Å². The van der Waals surface area contributed by atoms with E-state index in [4.69, 9.17) is 4.74 Å². The third-order valence-corrected chi connectivity index (χ3v) is 2.59. The van der Waals surface area contributed by atoms with Crippen LogP contribution in [0.3, 0.4) is 0 Å². The topological polar surface area (TPSA) is 50.3 Å². The van der Waals surface area contributed by atoms with E-state index in [0.29, 0.717) is 18.5 Å². The predicted molar refractivity (Wildman–Crippen MR) is 58.3 cm³/mol. The zero-order valence-corrected chi connectivity index (χ0v) is 9.10. The molecule has 0 radical (unpaired) electrons. The van der Waals surface area contributed by atoms with Crippen molar-refractivity contribution in [2.24, 2.45) is 0 Å². The van der Waals surface area contributed by atoms with E-state index in [1.165, 1.54) is 0 Å². The Morgan fingerprint density at radius 1 is 1.53 bits per heavy atom. The van der Waals surface area contributed by atoms with Gasteiger partial charge in [0.25, 0.3) is 0 Å². The molecular formula is C10H16N4O. The molecule has 5 heteroatoms. The van der Waals surface area contributed by atoms with Gasteiger partial charge < -0.3 is 15.0 Å². The first-order chi connectivity index (χ1) is 7.31. The van der Waals surface area contributed by atoms with E-state index in [9.17, 15) is 0 Å². The van der Waals surface area contributed by atoms with Crippen LogP contribution in [0.25, 0.3) is 0 Å². The molecule has 0 aliphatic carbocycles. The highest BCUT2D eigenvalue weighted by atomic mass is 16.5. The van der Waals surface area contributed by atoms with Crippen molar-refractivity contribution in [3.8, 4) is 5.88 Å². The van der Waals surface area contributed by atoms with E-state index in [2.05, 4.69) is 20.2 Å². The van der Waals surface area contributed by atoms with Crippen molar-refractivity contribution in [1.29, 1.82) is 0 Å². The van der Waals surface area contributed by atoms with Gasteiger partial charge in [0, 0.05) is 26.2 Å². The molecule has 1 aliphatic heterocycles. The van der Waals surface area contributed by atoms with Crippen LogP contribution in [0.4, 0.5) is 5.82 Å². The van der Waals surface area contributed by atoms with Gasteiger partial charge in [-0.05, 0) is 6.92 Å². The number of hydrogen-bond acceptors (Lipinski definition) is 5. The number of aromatic nitrogens is 2. The fraction of sp³-hybridized carbons (Fsp3) is 0.600. The van der Waals surface area contributed by atoms with Crippen molar-refractivity contribution in [1.82, 2.24) is 15.3 Å². The van der Waals surface area contributed by atoms with Crippen molar-refractivity contribution < 1.29 is 4.74 Å². The molecule has 2 heterocycles. The second kappa shape index (κ2) is 4.44. The van der Waals surface area contributed by atoms with Gasteiger partial charge in [0.1, 0.15) is 12.1 Å². The maximum Gasteiger partial charge on any atom is 0.218 e. The summed E-state index contributed by atoms with van der Waals surface area (Å²) < 4.78 is 5.33. The summed E-state index contributed by atoms with van der Waals surface area (Å²) >= 11 is 0. The van der Waals surface area contributed by atoms with Gasteiger partial charge in [-0.1, -0.05) is 0 Å². The minimum Gasteiger partial charge on any atom is -0.478 e. The third kappa shape index (κ3) is 2.18. The SMILES string of the molecule is CCOc1cc(N(C)C2CNC2)ncn1. The molecule has 15 heavy (non-hydrogen) atoms. The summed E-state index contributed by atoms with van der Waals surface area (Å²) in [6, 6.07) is 2.41. The molecule has 0 atom stereocenters. The molecule has 2 rings (SSSR count). The van der Waals surface area contributed by atoms with Gasteiger partial charge in [0.15, 0.2) is 0 Å². The highest BCUT2D eigenvalue weighted by Gasteiger charge is 2.22. The fourth-order valence-corrected chi connectivity index (χ4v) is 1.48. The average Bonchev–Trinajstić information content (AvgIpc) is 2.16. The fourth-order valence-electron chi connectivity index (χ4n) is 1.48. The maximum atomic E-state index is 5.33. The quantitative estimate of drug-likeness (QED) is 0.770. The van der Waals surface area contributed by atoms with Crippen LogP contribution in [0, 0.1) is 0 Å².